The molecule has 0 N–H and O–H groups in total. The molecule has 1 atom stereocenters. The Hall–Kier alpha value is -1.85. The molecule has 1 unspecified atom stereocenters. The zero-order chi connectivity index (χ0) is 58.5. The average Bonchev–Trinajstić information content (AvgIpc) is 3.47. The minimum absolute atomic E-state index is 0.0637. The monoisotopic (exact) mass is 1140 g/mol. The zero-order valence-corrected chi connectivity index (χ0v) is 55.4. The average molecular weight is 1140 g/mol. The molecule has 0 fully saturated rings. The highest BCUT2D eigenvalue weighted by atomic mass is 16.6. The molecule has 0 aromatic rings. The largest absolute Gasteiger partial charge is 0.462 e. The number of ether oxygens (including phenoxy) is 3. The van der Waals surface area contributed by atoms with Gasteiger partial charge in [-0.2, -0.15) is 0 Å². The zero-order valence-electron chi connectivity index (χ0n) is 55.4. The Labute approximate surface area is 507 Å². The van der Waals surface area contributed by atoms with E-state index in [1.54, 1.807) is 0 Å². The molecule has 0 amide bonds. The van der Waals surface area contributed by atoms with E-state index >= 15 is 0 Å². The Morgan fingerprint density at radius 3 is 0.617 bits per heavy atom. The molecule has 0 aromatic carbocycles. The first-order valence-electron chi connectivity index (χ1n) is 37.2. The molecule has 6 heteroatoms. The van der Waals surface area contributed by atoms with E-state index in [9.17, 15) is 14.4 Å². The second kappa shape index (κ2) is 70.6. The molecular weight excluding hydrogens is 997 g/mol. The molecular formula is C75H144O6. The lowest BCUT2D eigenvalue weighted by atomic mass is 10.0. The first kappa shape index (κ1) is 79.2. The third-order valence-corrected chi connectivity index (χ3v) is 17.3. The van der Waals surface area contributed by atoms with E-state index in [4.69, 9.17) is 14.2 Å². The van der Waals surface area contributed by atoms with E-state index in [0.717, 1.165) is 57.8 Å². The van der Waals surface area contributed by atoms with Crippen LogP contribution in [-0.2, 0) is 28.6 Å². The SMILES string of the molecule is CCCCCCCC/C=C\CCCCCCCCCCCC(=O)OC(COC(=O)CCCCCCCCCCCCCCCC)COC(=O)CCCCCCCCCCCCCCCCCCCCCCCCCCCCCCCC. The van der Waals surface area contributed by atoms with Gasteiger partial charge in [-0.15, -0.1) is 0 Å². The molecule has 0 radical (unpaired) electrons. The van der Waals surface area contributed by atoms with Crippen LogP contribution in [-0.4, -0.2) is 37.2 Å². The number of unbranched alkanes of at least 4 members (excludes halogenated alkanes) is 57. The van der Waals surface area contributed by atoms with Crippen molar-refractivity contribution in [3.05, 3.63) is 12.2 Å². The van der Waals surface area contributed by atoms with Crippen LogP contribution in [0.1, 0.15) is 432 Å². The summed E-state index contributed by atoms with van der Waals surface area (Å²) in [6.07, 6.45) is 85.5. The number of carbonyl (C=O) groups is 3. The Morgan fingerprint density at radius 2 is 0.407 bits per heavy atom. The lowest BCUT2D eigenvalue weighted by molar-refractivity contribution is -0.167. The molecule has 0 rings (SSSR count). The van der Waals surface area contributed by atoms with Gasteiger partial charge in [0, 0.05) is 19.3 Å². The van der Waals surface area contributed by atoms with Crippen LogP contribution in [0.4, 0.5) is 0 Å². The van der Waals surface area contributed by atoms with Gasteiger partial charge in [0.25, 0.3) is 0 Å². The highest BCUT2D eigenvalue weighted by molar-refractivity contribution is 5.71. The van der Waals surface area contributed by atoms with Crippen LogP contribution in [0.5, 0.6) is 0 Å². The number of esters is 3. The normalized spacial score (nSPS) is 12.0. The van der Waals surface area contributed by atoms with Gasteiger partial charge in [-0.25, -0.2) is 0 Å². The van der Waals surface area contributed by atoms with E-state index in [0.29, 0.717) is 19.3 Å². The van der Waals surface area contributed by atoms with Crippen LogP contribution in [0.25, 0.3) is 0 Å². The second-order valence-electron chi connectivity index (χ2n) is 25.6. The van der Waals surface area contributed by atoms with Crippen LogP contribution in [0.15, 0.2) is 12.2 Å². The predicted octanol–water partition coefficient (Wildman–Crippen LogP) is 25.6. The quantitative estimate of drug-likeness (QED) is 0.0261. The van der Waals surface area contributed by atoms with Crippen LogP contribution >= 0.6 is 0 Å². The van der Waals surface area contributed by atoms with Crippen LogP contribution in [0.3, 0.4) is 0 Å². The summed E-state index contributed by atoms with van der Waals surface area (Å²) in [6, 6.07) is 0. The standard InChI is InChI=1S/C75H144O6/c1-4-7-10-13-16-19-22-25-28-30-32-33-34-35-36-37-38-39-40-41-42-44-45-47-50-53-56-59-62-65-68-74(77)80-71-72(70-79-73(76)67-64-61-58-55-52-49-27-24-21-18-15-12-9-6-3)81-75(78)69-66-63-60-57-54-51-48-46-43-31-29-26-23-20-17-14-11-8-5-2/h26,29,72H,4-25,27-28,30-71H2,1-3H3/b29-26-. The summed E-state index contributed by atoms with van der Waals surface area (Å²) in [5.74, 6) is -0.829. The molecule has 0 aliphatic carbocycles. The van der Waals surface area contributed by atoms with Crippen molar-refractivity contribution in [1.29, 1.82) is 0 Å². The van der Waals surface area contributed by atoms with Crippen molar-refractivity contribution in [2.24, 2.45) is 0 Å². The van der Waals surface area contributed by atoms with Gasteiger partial charge in [0.15, 0.2) is 6.10 Å². The van der Waals surface area contributed by atoms with Gasteiger partial charge in [-0.1, -0.05) is 380 Å². The molecule has 0 heterocycles. The van der Waals surface area contributed by atoms with Crippen LogP contribution in [0.2, 0.25) is 0 Å². The molecule has 0 saturated carbocycles. The summed E-state index contributed by atoms with van der Waals surface area (Å²) in [5.41, 5.74) is 0. The molecule has 6 nitrogen and oxygen atoms in total. The van der Waals surface area contributed by atoms with Crippen molar-refractivity contribution in [2.45, 2.75) is 438 Å². The van der Waals surface area contributed by atoms with Crippen molar-refractivity contribution in [3.63, 3.8) is 0 Å². The molecule has 0 aliphatic rings. The fourth-order valence-corrected chi connectivity index (χ4v) is 11.7. The maximum atomic E-state index is 13.0. The first-order chi connectivity index (χ1) is 40.0. The highest BCUT2D eigenvalue weighted by Gasteiger charge is 2.20. The molecule has 480 valence electrons. The van der Waals surface area contributed by atoms with E-state index in [2.05, 4.69) is 32.9 Å². The Balaban J connectivity index is 4.15. The fourth-order valence-electron chi connectivity index (χ4n) is 11.7. The van der Waals surface area contributed by atoms with Crippen molar-refractivity contribution >= 4 is 17.9 Å². The Morgan fingerprint density at radius 1 is 0.235 bits per heavy atom. The van der Waals surface area contributed by atoms with Crippen LogP contribution < -0.4 is 0 Å². The summed E-state index contributed by atoms with van der Waals surface area (Å²) in [5, 5.41) is 0. The highest BCUT2D eigenvalue weighted by Crippen LogP contribution is 2.19. The number of rotatable bonds is 70. The second-order valence-corrected chi connectivity index (χ2v) is 25.6. The number of hydrogen-bond acceptors (Lipinski definition) is 6. The van der Waals surface area contributed by atoms with Crippen molar-refractivity contribution in [1.82, 2.24) is 0 Å². The van der Waals surface area contributed by atoms with E-state index in [-0.39, 0.29) is 31.1 Å². The lowest BCUT2D eigenvalue weighted by Crippen LogP contribution is -2.30. The van der Waals surface area contributed by atoms with E-state index in [1.165, 1.54) is 334 Å². The van der Waals surface area contributed by atoms with Crippen molar-refractivity contribution in [2.75, 3.05) is 13.2 Å². The minimum atomic E-state index is -0.768. The van der Waals surface area contributed by atoms with Crippen LogP contribution in [0, 0.1) is 0 Å². The molecule has 0 aromatic heterocycles. The first-order valence-corrected chi connectivity index (χ1v) is 37.2. The molecule has 81 heavy (non-hydrogen) atoms. The van der Waals surface area contributed by atoms with Gasteiger partial charge in [-0.3, -0.25) is 14.4 Å². The molecule has 0 bridgehead atoms. The van der Waals surface area contributed by atoms with Gasteiger partial charge in [0.1, 0.15) is 13.2 Å². The third kappa shape index (κ3) is 68.8. The maximum Gasteiger partial charge on any atom is 0.306 e. The molecule has 0 aliphatic heterocycles. The Bertz CT molecular complexity index is 1260. The van der Waals surface area contributed by atoms with E-state index < -0.39 is 6.10 Å². The van der Waals surface area contributed by atoms with Crippen molar-refractivity contribution < 1.29 is 28.6 Å². The summed E-state index contributed by atoms with van der Waals surface area (Å²) in [7, 11) is 0. The van der Waals surface area contributed by atoms with Gasteiger partial charge in [0.2, 0.25) is 0 Å². The summed E-state index contributed by atoms with van der Waals surface area (Å²) >= 11 is 0. The smallest absolute Gasteiger partial charge is 0.306 e. The third-order valence-electron chi connectivity index (χ3n) is 17.3. The number of allylic oxidation sites excluding steroid dienone is 2. The Kier molecular flexibility index (Phi) is 69.0. The van der Waals surface area contributed by atoms with Gasteiger partial charge < -0.3 is 14.2 Å². The van der Waals surface area contributed by atoms with Gasteiger partial charge in [0.05, 0.1) is 0 Å². The summed E-state index contributed by atoms with van der Waals surface area (Å²) in [4.78, 5) is 38.5. The minimum Gasteiger partial charge on any atom is -0.462 e. The van der Waals surface area contributed by atoms with Crippen molar-refractivity contribution in [3.8, 4) is 0 Å². The topological polar surface area (TPSA) is 78.9 Å². The number of hydrogen-bond donors (Lipinski definition) is 0. The fraction of sp³-hybridized carbons (Fsp3) is 0.933. The maximum absolute atomic E-state index is 13.0. The number of carbonyl (C=O) groups excluding carboxylic acids is 3. The summed E-state index contributed by atoms with van der Waals surface area (Å²) < 4.78 is 17.0. The van der Waals surface area contributed by atoms with E-state index in [1.807, 2.05) is 0 Å². The molecule has 0 saturated heterocycles. The lowest BCUT2D eigenvalue weighted by Gasteiger charge is -2.18. The predicted molar refractivity (Wildman–Crippen MR) is 353 cm³/mol. The summed E-state index contributed by atoms with van der Waals surface area (Å²) in [6.45, 7) is 6.73. The van der Waals surface area contributed by atoms with Gasteiger partial charge in [-0.05, 0) is 44.9 Å². The van der Waals surface area contributed by atoms with Gasteiger partial charge >= 0.3 is 17.9 Å². The molecule has 0 spiro atoms.